The molecule has 0 aliphatic rings. The normalized spacial score (nSPS) is 12.8. The molecule has 0 aromatic carbocycles. The molecule has 10 heteroatoms. The van der Waals surface area contributed by atoms with E-state index < -0.39 is 6.04 Å². The molecule has 0 aromatic heterocycles. The molecule has 0 heterocycles. The van der Waals surface area contributed by atoms with Gasteiger partial charge in [-0.1, -0.05) is 148 Å². The molecule has 334 valence electrons. The van der Waals surface area contributed by atoms with E-state index in [1.165, 1.54) is 83.5 Å². The number of aliphatic hydroxyl groups excluding tert-OH is 2. The highest BCUT2D eigenvalue weighted by molar-refractivity contribution is 7.99. The predicted molar refractivity (Wildman–Crippen MR) is 243 cm³/mol. The summed E-state index contributed by atoms with van der Waals surface area (Å²) in [6.07, 6.45) is 37.4. The number of amides is 2. The van der Waals surface area contributed by atoms with Crippen molar-refractivity contribution in [2.75, 3.05) is 57.5 Å². The molecular weight excluding hydrogens is 735 g/mol. The van der Waals surface area contributed by atoms with E-state index in [0.29, 0.717) is 57.1 Å². The SMILES string of the molecule is CCCCCC=CCC=CCCCCCCCCOC(=O)CCSCCC(NC(=O)C(CCCCCC)CCCCCCCC)C(=O)NCCN(CCO)CCO. The Balaban J connectivity index is 4.67. The summed E-state index contributed by atoms with van der Waals surface area (Å²) < 4.78 is 5.49. The number of hydrogen-bond donors (Lipinski definition) is 4. The number of ether oxygens (including phenoxy) is 1. The van der Waals surface area contributed by atoms with Gasteiger partial charge in [0, 0.05) is 37.8 Å². The summed E-state index contributed by atoms with van der Waals surface area (Å²) in [5.74, 6) is 0.732. The molecule has 0 fully saturated rings. The first-order valence-corrected chi connectivity index (χ1v) is 24.6. The highest BCUT2D eigenvalue weighted by atomic mass is 32.2. The fourth-order valence-electron chi connectivity index (χ4n) is 6.84. The van der Waals surface area contributed by atoms with Crippen LogP contribution < -0.4 is 10.6 Å². The first-order valence-electron chi connectivity index (χ1n) is 23.5. The smallest absolute Gasteiger partial charge is 0.306 e. The van der Waals surface area contributed by atoms with Gasteiger partial charge in [-0.05, 0) is 63.5 Å². The fourth-order valence-corrected chi connectivity index (χ4v) is 7.76. The Morgan fingerprint density at radius 3 is 1.75 bits per heavy atom. The van der Waals surface area contributed by atoms with E-state index in [-0.39, 0.29) is 36.9 Å². The molecule has 57 heavy (non-hydrogen) atoms. The predicted octanol–water partition coefficient (Wildman–Crippen LogP) is 10.1. The van der Waals surface area contributed by atoms with Crippen molar-refractivity contribution < 1.29 is 29.3 Å². The van der Waals surface area contributed by atoms with Crippen LogP contribution in [0, 0.1) is 5.92 Å². The monoisotopic (exact) mass is 824 g/mol. The van der Waals surface area contributed by atoms with Gasteiger partial charge in [0.05, 0.1) is 26.2 Å². The number of nitrogens with one attached hydrogen (secondary N) is 2. The number of hydrogen-bond acceptors (Lipinski definition) is 8. The third-order valence-corrected chi connectivity index (χ3v) is 11.5. The van der Waals surface area contributed by atoms with Gasteiger partial charge in [-0.3, -0.25) is 19.3 Å². The molecule has 2 amide bonds. The van der Waals surface area contributed by atoms with Gasteiger partial charge in [0.25, 0.3) is 0 Å². The van der Waals surface area contributed by atoms with Crippen LogP contribution in [0.2, 0.25) is 0 Å². The van der Waals surface area contributed by atoms with Gasteiger partial charge in [0.2, 0.25) is 11.8 Å². The number of allylic oxidation sites excluding steroid dienone is 4. The minimum Gasteiger partial charge on any atom is -0.466 e. The third kappa shape index (κ3) is 36.9. The maximum atomic E-state index is 13.7. The Labute approximate surface area is 354 Å². The second-order valence-corrected chi connectivity index (χ2v) is 16.9. The van der Waals surface area contributed by atoms with Crippen LogP contribution in [0.4, 0.5) is 0 Å². The lowest BCUT2D eigenvalue weighted by atomic mass is 9.93. The number of carbonyl (C=O) groups excluding carboxylic acids is 3. The molecule has 0 aliphatic heterocycles. The van der Waals surface area contributed by atoms with Crippen LogP contribution >= 0.6 is 11.8 Å². The lowest BCUT2D eigenvalue weighted by molar-refractivity contribution is -0.143. The highest BCUT2D eigenvalue weighted by Crippen LogP contribution is 2.20. The fraction of sp³-hybridized carbons (Fsp3) is 0.851. The average Bonchev–Trinajstić information content (AvgIpc) is 3.20. The average molecular weight is 824 g/mol. The Morgan fingerprint density at radius 2 is 1.14 bits per heavy atom. The maximum Gasteiger partial charge on any atom is 0.306 e. The molecule has 9 nitrogen and oxygen atoms in total. The Hall–Kier alpha value is -1.88. The van der Waals surface area contributed by atoms with Crippen molar-refractivity contribution in [1.82, 2.24) is 15.5 Å². The number of thioether (sulfide) groups is 1. The molecule has 0 bridgehead atoms. The zero-order valence-electron chi connectivity index (χ0n) is 37.1. The van der Waals surface area contributed by atoms with E-state index in [4.69, 9.17) is 4.74 Å². The molecule has 0 saturated carbocycles. The van der Waals surface area contributed by atoms with E-state index >= 15 is 0 Å². The van der Waals surface area contributed by atoms with Crippen LogP contribution in [0.3, 0.4) is 0 Å². The van der Waals surface area contributed by atoms with Gasteiger partial charge >= 0.3 is 5.97 Å². The van der Waals surface area contributed by atoms with Crippen LogP contribution in [0.5, 0.6) is 0 Å². The van der Waals surface area contributed by atoms with Crippen molar-refractivity contribution in [3.63, 3.8) is 0 Å². The summed E-state index contributed by atoms with van der Waals surface area (Å²) >= 11 is 1.61. The molecule has 0 saturated heterocycles. The molecular formula is C47H89N3O6S. The Morgan fingerprint density at radius 1 is 0.614 bits per heavy atom. The van der Waals surface area contributed by atoms with Crippen molar-refractivity contribution in [2.45, 2.75) is 194 Å². The van der Waals surface area contributed by atoms with E-state index in [2.05, 4.69) is 55.7 Å². The number of rotatable bonds is 43. The van der Waals surface area contributed by atoms with Gasteiger partial charge in [-0.2, -0.15) is 11.8 Å². The molecule has 0 aromatic rings. The zero-order valence-corrected chi connectivity index (χ0v) is 37.9. The molecule has 4 N–H and O–H groups in total. The largest absolute Gasteiger partial charge is 0.466 e. The van der Waals surface area contributed by atoms with Crippen LogP contribution in [0.1, 0.15) is 188 Å². The summed E-state index contributed by atoms with van der Waals surface area (Å²) in [7, 11) is 0. The second kappa shape index (κ2) is 43.7. The van der Waals surface area contributed by atoms with Crippen molar-refractivity contribution in [3.8, 4) is 0 Å². The number of unbranched alkanes of at least 4 members (excludes halogenated alkanes) is 17. The van der Waals surface area contributed by atoms with E-state index in [9.17, 15) is 24.6 Å². The minimum absolute atomic E-state index is 0.0217. The van der Waals surface area contributed by atoms with Crippen LogP contribution in [0.25, 0.3) is 0 Å². The minimum atomic E-state index is -0.660. The van der Waals surface area contributed by atoms with Crippen molar-refractivity contribution in [1.29, 1.82) is 0 Å². The zero-order chi connectivity index (χ0) is 41.9. The summed E-state index contributed by atoms with van der Waals surface area (Å²) in [5.41, 5.74) is 0. The molecule has 2 unspecified atom stereocenters. The van der Waals surface area contributed by atoms with Crippen molar-refractivity contribution in [3.05, 3.63) is 24.3 Å². The highest BCUT2D eigenvalue weighted by Gasteiger charge is 2.25. The van der Waals surface area contributed by atoms with Crippen LogP contribution in [0.15, 0.2) is 24.3 Å². The topological polar surface area (TPSA) is 128 Å². The quantitative estimate of drug-likeness (QED) is 0.0272. The number of aliphatic hydroxyl groups is 2. The lowest BCUT2D eigenvalue weighted by Crippen LogP contribution is -2.50. The third-order valence-electron chi connectivity index (χ3n) is 10.5. The number of carbonyl (C=O) groups is 3. The van der Waals surface area contributed by atoms with Gasteiger partial charge in [0.15, 0.2) is 0 Å². The summed E-state index contributed by atoms with van der Waals surface area (Å²) in [6, 6.07) is -0.660. The van der Waals surface area contributed by atoms with Crippen LogP contribution in [-0.4, -0.2) is 96.4 Å². The molecule has 2 atom stereocenters. The molecule has 0 rings (SSSR count). The standard InChI is InChI=1S/C47H89N3O6S/c1-4-7-10-13-15-16-17-18-19-20-21-22-23-24-26-29-40-56-45(53)33-42-57-41-32-44(47(55)48-34-35-50(36-38-51)37-39-52)49-46(54)43(30-27-12-9-6-3)31-28-25-14-11-8-5-2/h15-16,18-19,43-44,51-52H,4-14,17,20-42H2,1-3H3,(H,48,55)(H,49,54). The Kier molecular flexibility index (Phi) is 42.3. The lowest BCUT2D eigenvalue weighted by Gasteiger charge is -2.24. The molecule has 0 radical (unpaired) electrons. The van der Waals surface area contributed by atoms with Crippen molar-refractivity contribution >= 4 is 29.5 Å². The van der Waals surface area contributed by atoms with Gasteiger partial charge in [-0.25, -0.2) is 0 Å². The summed E-state index contributed by atoms with van der Waals surface area (Å²) in [6.45, 7) is 8.78. The van der Waals surface area contributed by atoms with Crippen LogP contribution in [-0.2, 0) is 19.1 Å². The van der Waals surface area contributed by atoms with E-state index in [0.717, 1.165) is 70.6 Å². The van der Waals surface area contributed by atoms with Gasteiger partial charge in [-0.15, -0.1) is 0 Å². The molecule has 0 spiro atoms. The van der Waals surface area contributed by atoms with E-state index in [1.54, 1.807) is 11.8 Å². The maximum absolute atomic E-state index is 13.7. The van der Waals surface area contributed by atoms with Gasteiger partial charge in [0.1, 0.15) is 6.04 Å². The van der Waals surface area contributed by atoms with Crippen molar-refractivity contribution in [2.24, 2.45) is 5.92 Å². The van der Waals surface area contributed by atoms with Gasteiger partial charge < -0.3 is 25.6 Å². The number of esters is 1. The molecule has 0 aliphatic carbocycles. The summed E-state index contributed by atoms with van der Waals surface area (Å²) in [5, 5.41) is 24.8. The summed E-state index contributed by atoms with van der Waals surface area (Å²) in [4.78, 5) is 41.4. The Bertz CT molecular complexity index is 975. The second-order valence-electron chi connectivity index (χ2n) is 15.7. The van der Waals surface area contributed by atoms with E-state index in [1.807, 2.05) is 4.90 Å². The first-order chi connectivity index (χ1) is 27.9. The first kappa shape index (κ1) is 55.1. The number of nitrogens with zero attached hydrogens (tertiary/aromatic N) is 1.